The van der Waals surface area contributed by atoms with Crippen LogP contribution in [-0.2, 0) is 11.2 Å². The maximum absolute atomic E-state index is 11.4. The summed E-state index contributed by atoms with van der Waals surface area (Å²) in [7, 11) is 1.54. The van der Waals surface area contributed by atoms with Crippen LogP contribution in [0.15, 0.2) is 18.2 Å². The van der Waals surface area contributed by atoms with Crippen molar-refractivity contribution in [2.24, 2.45) is 0 Å². The Labute approximate surface area is 113 Å². The van der Waals surface area contributed by atoms with Gasteiger partial charge in [-0.2, -0.15) is 5.26 Å². The number of nitrogens with zero attached hydrogens (tertiary/aromatic N) is 1. The first-order valence-corrected chi connectivity index (χ1v) is 6.14. The van der Waals surface area contributed by atoms with Crippen molar-refractivity contribution in [3.05, 3.63) is 23.8 Å². The number of hydrogen-bond donors (Lipinski definition) is 1. The van der Waals surface area contributed by atoms with Crippen molar-refractivity contribution >= 4 is 5.91 Å². The van der Waals surface area contributed by atoms with Crippen LogP contribution in [0.25, 0.3) is 0 Å². The predicted octanol–water partition coefficient (Wildman–Crippen LogP) is 1.67. The number of hydrogen-bond acceptors (Lipinski definition) is 4. The van der Waals surface area contributed by atoms with Crippen LogP contribution >= 0.6 is 0 Å². The number of amides is 1. The number of ether oxygens (including phenoxy) is 2. The summed E-state index contributed by atoms with van der Waals surface area (Å²) in [4.78, 5) is 11.4. The van der Waals surface area contributed by atoms with E-state index in [0.717, 1.165) is 5.56 Å². The average molecular weight is 262 g/mol. The minimum atomic E-state index is -0.0192. The number of nitrogens with one attached hydrogen (secondary N) is 1. The van der Waals surface area contributed by atoms with E-state index in [1.54, 1.807) is 13.2 Å². The molecule has 1 aromatic rings. The molecule has 1 rings (SSSR count). The Morgan fingerprint density at radius 2 is 2.21 bits per heavy atom. The molecule has 0 aliphatic carbocycles. The van der Waals surface area contributed by atoms with Crippen LogP contribution < -0.4 is 14.8 Å². The van der Waals surface area contributed by atoms with Gasteiger partial charge in [-0.25, -0.2) is 0 Å². The van der Waals surface area contributed by atoms with Gasteiger partial charge in [0.1, 0.15) is 6.07 Å². The molecule has 0 spiro atoms. The first-order valence-electron chi connectivity index (χ1n) is 6.14. The van der Waals surface area contributed by atoms with Gasteiger partial charge in [-0.3, -0.25) is 4.79 Å². The van der Waals surface area contributed by atoms with E-state index in [-0.39, 0.29) is 12.5 Å². The Morgan fingerprint density at radius 3 is 2.84 bits per heavy atom. The molecule has 1 aromatic carbocycles. The van der Waals surface area contributed by atoms with Crippen molar-refractivity contribution in [1.82, 2.24) is 5.32 Å². The van der Waals surface area contributed by atoms with Crippen LogP contribution in [0, 0.1) is 11.3 Å². The number of rotatable bonds is 7. The van der Waals surface area contributed by atoms with Gasteiger partial charge in [0.25, 0.3) is 0 Å². The van der Waals surface area contributed by atoms with E-state index < -0.39 is 0 Å². The van der Waals surface area contributed by atoms with Crippen LogP contribution in [0.4, 0.5) is 0 Å². The van der Waals surface area contributed by atoms with Crippen molar-refractivity contribution in [2.45, 2.75) is 19.8 Å². The number of nitriles is 1. The number of benzene rings is 1. The van der Waals surface area contributed by atoms with Crippen LogP contribution in [-0.4, -0.2) is 26.2 Å². The highest BCUT2D eigenvalue weighted by molar-refractivity contribution is 5.76. The maximum Gasteiger partial charge on any atom is 0.220 e. The molecule has 0 saturated heterocycles. The molecule has 0 atom stereocenters. The molecule has 102 valence electrons. The minimum absolute atomic E-state index is 0.0192. The minimum Gasteiger partial charge on any atom is -0.493 e. The maximum atomic E-state index is 11.4. The number of methoxy groups -OCH3 is 1. The van der Waals surface area contributed by atoms with Gasteiger partial charge in [-0.05, 0) is 31.0 Å². The highest BCUT2D eigenvalue weighted by Gasteiger charge is 2.07. The zero-order chi connectivity index (χ0) is 14.1. The van der Waals surface area contributed by atoms with E-state index in [1.807, 2.05) is 25.1 Å². The number of carbonyl (C=O) groups is 1. The van der Waals surface area contributed by atoms with Gasteiger partial charge < -0.3 is 14.8 Å². The molecule has 1 N–H and O–H groups in total. The van der Waals surface area contributed by atoms with E-state index in [9.17, 15) is 4.79 Å². The summed E-state index contributed by atoms with van der Waals surface area (Å²) in [6.07, 6.45) is 1.08. The normalized spacial score (nSPS) is 9.53. The first kappa shape index (κ1) is 14.8. The fraction of sp³-hybridized carbons (Fsp3) is 0.429. The van der Waals surface area contributed by atoms with Gasteiger partial charge in [-0.1, -0.05) is 6.07 Å². The fourth-order valence-electron chi connectivity index (χ4n) is 1.64. The van der Waals surface area contributed by atoms with Crippen LogP contribution in [0.1, 0.15) is 18.9 Å². The Kier molecular flexibility index (Phi) is 6.23. The number of carbonyl (C=O) groups excluding carboxylic acids is 1. The zero-order valence-corrected chi connectivity index (χ0v) is 11.2. The molecule has 0 saturated carbocycles. The average Bonchev–Trinajstić information content (AvgIpc) is 2.43. The summed E-state index contributed by atoms with van der Waals surface area (Å²) in [6, 6.07) is 7.35. The molecule has 0 fully saturated rings. The summed E-state index contributed by atoms with van der Waals surface area (Å²) in [5.41, 5.74) is 0.993. The van der Waals surface area contributed by atoms with E-state index >= 15 is 0 Å². The largest absolute Gasteiger partial charge is 0.493 e. The van der Waals surface area contributed by atoms with Crippen LogP contribution in [0.3, 0.4) is 0 Å². The van der Waals surface area contributed by atoms with Crippen molar-refractivity contribution in [1.29, 1.82) is 5.26 Å². The van der Waals surface area contributed by atoms with Gasteiger partial charge in [0.15, 0.2) is 18.1 Å². The first-order chi connectivity index (χ1) is 9.21. The van der Waals surface area contributed by atoms with E-state index in [2.05, 4.69) is 5.32 Å². The lowest BCUT2D eigenvalue weighted by atomic mass is 10.1. The van der Waals surface area contributed by atoms with Crippen LogP contribution in [0.2, 0.25) is 0 Å². The van der Waals surface area contributed by atoms with Crippen molar-refractivity contribution in [2.75, 3.05) is 20.3 Å². The molecule has 5 nitrogen and oxygen atoms in total. The second kappa shape index (κ2) is 7.98. The van der Waals surface area contributed by atoms with Gasteiger partial charge >= 0.3 is 0 Å². The second-order valence-electron chi connectivity index (χ2n) is 3.89. The Balaban J connectivity index is 2.66. The SMILES string of the molecule is CCNC(=O)CCc1ccc(OCC#N)c(OC)c1. The van der Waals surface area contributed by atoms with Crippen LogP contribution in [0.5, 0.6) is 11.5 Å². The quantitative estimate of drug-likeness (QED) is 0.811. The molecule has 0 bridgehead atoms. The molecule has 5 heteroatoms. The van der Waals surface area contributed by atoms with E-state index in [4.69, 9.17) is 14.7 Å². The van der Waals surface area contributed by atoms with E-state index in [0.29, 0.717) is 30.9 Å². The van der Waals surface area contributed by atoms with E-state index in [1.165, 1.54) is 0 Å². The molecular weight excluding hydrogens is 244 g/mol. The summed E-state index contributed by atoms with van der Waals surface area (Å²) < 4.78 is 10.4. The third-order valence-corrected chi connectivity index (χ3v) is 2.53. The summed E-state index contributed by atoms with van der Waals surface area (Å²) in [6.45, 7) is 2.51. The lowest BCUT2D eigenvalue weighted by Gasteiger charge is -2.10. The number of aryl methyl sites for hydroxylation is 1. The zero-order valence-electron chi connectivity index (χ0n) is 11.2. The lowest BCUT2D eigenvalue weighted by Crippen LogP contribution is -2.22. The molecule has 0 aliphatic rings. The molecule has 0 aromatic heterocycles. The van der Waals surface area contributed by atoms with Gasteiger partial charge in [0, 0.05) is 13.0 Å². The van der Waals surface area contributed by atoms with Crippen molar-refractivity contribution < 1.29 is 14.3 Å². The highest BCUT2D eigenvalue weighted by Crippen LogP contribution is 2.28. The Hall–Kier alpha value is -2.22. The molecule has 19 heavy (non-hydrogen) atoms. The van der Waals surface area contributed by atoms with Gasteiger partial charge in [0.05, 0.1) is 7.11 Å². The predicted molar refractivity (Wildman–Crippen MR) is 71.1 cm³/mol. The summed E-state index contributed by atoms with van der Waals surface area (Å²) in [5, 5.41) is 11.2. The topological polar surface area (TPSA) is 71.3 Å². The lowest BCUT2D eigenvalue weighted by molar-refractivity contribution is -0.120. The van der Waals surface area contributed by atoms with Crippen molar-refractivity contribution in [3.63, 3.8) is 0 Å². The second-order valence-corrected chi connectivity index (χ2v) is 3.89. The monoisotopic (exact) mass is 262 g/mol. The standard InChI is InChI=1S/C14H18N2O3/c1-3-16-14(17)7-5-11-4-6-12(19-9-8-15)13(10-11)18-2/h4,6,10H,3,5,7,9H2,1-2H3,(H,16,17). The van der Waals surface area contributed by atoms with Gasteiger partial charge in [0.2, 0.25) is 5.91 Å². The Bertz CT molecular complexity index is 466. The molecule has 0 aliphatic heterocycles. The molecule has 1 amide bonds. The molecular formula is C14H18N2O3. The van der Waals surface area contributed by atoms with Gasteiger partial charge in [-0.15, -0.1) is 0 Å². The molecule has 0 heterocycles. The smallest absolute Gasteiger partial charge is 0.220 e. The highest BCUT2D eigenvalue weighted by atomic mass is 16.5. The summed E-state index contributed by atoms with van der Waals surface area (Å²) >= 11 is 0. The third kappa shape index (κ3) is 4.88. The summed E-state index contributed by atoms with van der Waals surface area (Å²) in [5.74, 6) is 1.14. The fourth-order valence-corrected chi connectivity index (χ4v) is 1.64. The molecule has 0 unspecified atom stereocenters. The third-order valence-electron chi connectivity index (χ3n) is 2.53. The van der Waals surface area contributed by atoms with Crippen molar-refractivity contribution in [3.8, 4) is 17.6 Å². The Morgan fingerprint density at radius 1 is 1.42 bits per heavy atom. The molecule has 0 radical (unpaired) electrons.